The summed E-state index contributed by atoms with van der Waals surface area (Å²) >= 11 is 1.19. The largest absolute Gasteiger partial charge is 0.494 e. The molecule has 31 heavy (non-hydrogen) atoms. The average Bonchev–Trinajstić information content (AvgIpc) is 3.26. The molecule has 0 saturated carbocycles. The number of hydrogen-bond acceptors (Lipinski definition) is 7. The van der Waals surface area contributed by atoms with E-state index < -0.39 is 10.0 Å². The number of anilines is 2. The molecule has 1 heterocycles. The van der Waals surface area contributed by atoms with Crippen LogP contribution in [0.2, 0.25) is 0 Å². The van der Waals surface area contributed by atoms with E-state index in [1.54, 1.807) is 29.6 Å². The van der Waals surface area contributed by atoms with E-state index in [4.69, 9.17) is 9.47 Å². The Kier molecular flexibility index (Phi) is 7.85. The smallest absolute Gasteiger partial charge is 0.263 e. The highest BCUT2D eigenvalue weighted by atomic mass is 32.2. The molecule has 0 unspecified atom stereocenters. The van der Waals surface area contributed by atoms with Gasteiger partial charge in [0.1, 0.15) is 11.5 Å². The summed E-state index contributed by atoms with van der Waals surface area (Å²) in [5, 5.41) is 4.63. The van der Waals surface area contributed by atoms with Crippen molar-refractivity contribution in [3.05, 3.63) is 60.1 Å². The molecule has 8 nitrogen and oxygen atoms in total. The first kappa shape index (κ1) is 22.6. The quantitative estimate of drug-likeness (QED) is 0.416. The molecule has 0 saturated heterocycles. The highest BCUT2D eigenvalue weighted by Crippen LogP contribution is 2.20. The van der Waals surface area contributed by atoms with Crippen LogP contribution in [0.25, 0.3) is 0 Å². The van der Waals surface area contributed by atoms with Crippen molar-refractivity contribution in [2.75, 3.05) is 23.3 Å². The number of nitrogens with zero attached hydrogens (tertiary/aromatic N) is 1. The molecule has 0 fully saturated rings. The zero-order chi connectivity index (χ0) is 22.1. The van der Waals surface area contributed by atoms with Crippen LogP contribution in [0.4, 0.5) is 10.8 Å². The first-order valence-electron chi connectivity index (χ1n) is 9.64. The molecule has 0 spiro atoms. The van der Waals surface area contributed by atoms with Gasteiger partial charge in [0.25, 0.3) is 15.9 Å². The van der Waals surface area contributed by atoms with Gasteiger partial charge in [0.05, 0.1) is 11.5 Å². The minimum absolute atomic E-state index is 0.0678. The van der Waals surface area contributed by atoms with E-state index in [0.29, 0.717) is 18.0 Å². The number of carbonyl (C=O) groups is 1. The maximum atomic E-state index is 12.3. The second-order valence-corrected chi connectivity index (χ2v) is 9.05. The predicted molar refractivity (Wildman–Crippen MR) is 120 cm³/mol. The molecule has 164 valence electrons. The Labute approximate surface area is 185 Å². The molecule has 0 bridgehead atoms. The number of hydrogen-bond donors (Lipinski definition) is 2. The molecular weight excluding hydrogens is 438 g/mol. The van der Waals surface area contributed by atoms with E-state index >= 15 is 0 Å². The molecular formula is C21H23N3O5S2. The third-order valence-corrected chi connectivity index (χ3v) is 6.24. The van der Waals surface area contributed by atoms with Gasteiger partial charge in [-0.25, -0.2) is 13.4 Å². The summed E-state index contributed by atoms with van der Waals surface area (Å²) in [6.45, 7) is 2.59. The highest BCUT2D eigenvalue weighted by Gasteiger charge is 2.15. The maximum Gasteiger partial charge on any atom is 0.263 e. The highest BCUT2D eigenvalue weighted by molar-refractivity contribution is 7.93. The van der Waals surface area contributed by atoms with E-state index in [0.717, 1.165) is 18.6 Å². The number of nitrogens with one attached hydrogen (secondary N) is 2. The first-order chi connectivity index (χ1) is 15.0. The third-order valence-electron chi connectivity index (χ3n) is 4.06. The lowest BCUT2D eigenvalue weighted by atomic mass is 10.3. The Morgan fingerprint density at radius 2 is 1.71 bits per heavy atom. The number of aromatic nitrogens is 1. The summed E-state index contributed by atoms with van der Waals surface area (Å²) in [4.78, 5) is 16.1. The van der Waals surface area contributed by atoms with Crippen LogP contribution < -0.4 is 19.5 Å². The molecule has 0 aliphatic carbocycles. The number of thiazole rings is 1. The Balaban J connectivity index is 1.48. The summed E-state index contributed by atoms with van der Waals surface area (Å²) in [6.07, 6.45) is 3.57. The Hall–Kier alpha value is -3.11. The number of unbranched alkanes of at least 4 members (excludes halogenated alkanes) is 1. The van der Waals surface area contributed by atoms with Crippen molar-refractivity contribution in [2.45, 2.75) is 24.7 Å². The lowest BCUT2D eigenvalue weighted by Crippen LogP contribution is -2.20. The number of carbonyl (C=O) groups excluding carboxylic acids is 1. The molecule has 2 N–H and O–H groups in total. The summed E-state index contributed by atoms with van der Waals surface area (Å²) < 4.78 is 38.1. The second-order valence-electron chi connectivity index (χ2n) is 6.48. The van der Waals surface area contributed by atoms with E-state index in [9.17, 15) is 13.2 Å². The Morgan fingerprint density at radius 1 is 1.03 bits per heavy atom. The van der Waals surface area contributed by atoms with Crippen LogP contribution in [-0.4, -0.2) is 32.5 Å². The molecule has 0 radical (unpaired) electrons. The fraction of sp³-hybridized carbons (Fsp3) is 0.238. The lowest BCUT2D eigenvalue weighted by molar-refractivity contribution is -0.118. The Bertz CT molecular complexity index is 1070. The van der Waals surface area contributed by atoms with Crippen LogP contribution in [0.3, 0.4) is 0 Å². The van der Waals surface area contributed by atoms with Crippen molar-refractivity contribution in [2.24, 2.45) is 0 Å². The van der Waals surface area contributed by atoms with Gasteiger partial charge in [0.15, 0.2) is 11.7 Å². The van der Waals surface area contributed by atoms with Crippen LogP contribution in [-0.2, 0) is 14.8 Å². The van der Waals surface area contributed by atoms with Gasteiger partial charge in [-0.1, -0.05) is 13.3 Å². The normalized spacial score (nSPS) is 11.0. The maximum absolute atomic E-state index is 12.3. The monoisotopic (exact) mass is 461 g/mol. The molecule has 2 aromatic carbocycles. The molecule has 1 amide bonds. The van der Waals surface area contributed by atoms with Gasteiger partial charge >= 0.3 is 0 Å². The zero-order valence-corrected chi connectivity index (χ0v) is 18.5. The standard InChI is InChI=1S/C21H23N3O5S2/c1-2-3-13-28-17-6-8-18(9-7-17)29-15-20(25)23-16-4-10-19(11-5-16)31(26,27)24-21-22-12-14-30-21/h4-12,14H,2-3,13,15H2,1H3,(H,22,24)(H,23,25). The summed E-state index contributed by atoms with van der Waals surface area (Å²) in [6, 6.07) is 12.9. The van der Waals surface area contributed by atoms with Crippen LogP contribution >= 0.6 is 11.3 Å². The van der Waals surface area contributed by atoms with Gasteiger partial charge in [0, 0.05) is 17.3 Å². The molecule has 3 aromatic rings. The van der Waals surface area contributed by atoms with Gasteiger partial charge in [-0.15, -0.1) is 11.3 Å². The fourth-order valence-corrected chi connectivity index (χ4v) is 4.27. The number of sulfonamides is 1. The molecule has 10 heteroatoms. The molecule has 3 rings (SSSR count). The van der Waals surface area contributed by atoms with Crippen LogP contribution in [0.5, 0.6) is 11.5 Å². The second kappa shape index (κ2) is 10.8. The van der Waals surface area contributed by atoms with E-state index in [2.05, 4.69) is 21.9 Å². The summed E-state index contributed by atoms with van der Waals surface area (Å²) in [7, 11) is -3.74. The SMILES string of the molecule is CCCCOc1ccc(OCC(=O)Nc2ccc(S(=O)(=O)Nc3nccs3)cc2)cc1. The van der Waals surface area contributed by atoms with Crippen LogP contribution in [0.15, 0.2) is 65.0 Å². The van der Waals surface area contributed by atoms with Crippen LogP contribution in [0, 0.1) is 0 Å². The van der Waals surface area contributed by atoms with Gasteiger partial charge in [0.2, 0.25) is 0 Å². The number of ether oxygens (including phenoxy) is 2. The summed E-state index contributed by atoms with van der Waals surface area (Å²) in [5.74, 6) is 0.942. The topological polar surface area (TPSA) is 107 Å². The minimum Gasteiger partial charge on any atom is -0.494 e. The van der Waals surface area contributed by atoms with Crippen molar-refractivity contribution in [1.29, 1.82) is 0 Å². The molecule has 1 aromatic heterocycles. The number of benzene rings is 2. The van der Waals surface area contributed by atoms with Crippen LogP contribution in [0.1, 0.15) is 19.8 Å². The predicted octanol–water partition coefficient (Wildman–Crippen LogP) is 4.14. The summed E-state index contributed by atoms with van der Waals surface area (Å²) in [5.41, 5.74) is 0.460. The van der Waals surface area contributed by atoms with Gasteiger partial charge in [-0.2, -0.15) is 0 Å². The molecule has 0 aliphatic heterocycles. The van der Waals surface area contributed by atoms with E-state index in [-0.39, 0.29) is 22.5 Å². The molecule has 0 atom stereocenters. The zero-order valence-electron chi connectivity index (χ0n) is 16.9. The van der Waals surface area contributed by atoms with E-state index in [1.807, 2.05) is 0 Å². The Morgan fingerprint density at radius 3 is 2.32 bits per heavy atom. The first-order valence-corrected chi connectivity index (χ1v) is 12.0. The minimum atomic E-state index is -3.74. The average molecular weight is 462 g/mol. The van der Waals surface area contributed by atoms with Gasteiger partial charge in [-0.3, -0.25) is 9.52 Å². The number of amides is 1. The van der Waals surface area contributed by atoms with Gasteiger partial charge < -0.3 is 14.8 Å². The van der Waals surface area contributed by atoms with E-state index in [1.165, 1.54) is 41.8 Å². The molecule has 0 aliphatic rings. The van der Waals surface area contributed by atoms with Crippen molar-refractivity contribution < 1.29 is 22.7 Å². The van der Waals surface area contributed by atoms with Crippen molar-refractivity contribution in [3.63, 3.8) is 0 Å². The van der Waals surface area contributed by atoms with Crippen molar-refractivity contribution >= 4 is 38.1 Å². The van der Waals surface area contributed by atoms with Crippen molar-refractivity contribution in [1.82, 2.24) is 4.98 Å². The lowest BCUT2D eigenvalue weighted by Gasteiger charge is -2.10. The third kappa shape index (κ3) is 6.97. The van der Waals surface area contributed by atoms with Crippen molar-refractivity contribution in [3.8, 4) is 11.5 Å². The van der Waals surface area contributed by atoms with Gasteiger partial charge in [-0.05, 0) is 55.0 Å². The fourth-order valence-electron chi connectivity index (χ4n) is 2.48. The number of rotatable bonds is 11.